The number of hydrogen-bond donors (Lipinski definition) is 2. The molecule has 0 heterocycles. The van der Waals surface area contributed by atoms with E-state index in [0.29, 0.717) is 0 Å². The molecule has 0 saturated heterocycles. The molecule has 20 heavy (non-hydrogen) atoms. The van der Waals surface area contributed by atoms with E-state index < -0.39 is 6.10 Å². The van der Waals surface area contributed by atoms with Crippen molar-refractivity contribution >= 4 is 5.69 Å². The summed E-state index contributed by atoms with van der Waals surface area (Å²) in [5.74, 6) is -0.214. The Labute approximate surface area is 119 Å². The van der Waals surface area contributed by atoms with Gasteiger partial charge in [-0.3, -0.25) is 0 Å². The molecule has 3 heteroatoms. The molecule has 0 spiro atoms. The van der Waals surface area contributed by atoms with Crippen LogP contribution in [0.2, 0.25) is 0 Å². The molecule has 0 saturated carbocycles. The molecule has 0 aliphatic carbocycles. The van der Waals surface area contributed by atoms with E-state index in [1.54, 1.807) is 19.1 Å². The standard InChI is InChI=1S/C17H20FNO/c1-12(11-14-7-9-15(18)10-8-14)19-17-6-4-3-5-16(17)13(2)20/h3-10,12-13,19-20H,11H2,1-2H3. The average molecular weight is 273 g/mol. The quantitative estimate of drug-likeness (QED) is 0.865. The molecule has 106 valence electrons. The number of anilines is 1. The number of para-hydroxylation sites is 1. The van der Waals surface area contributed by atoms with Crippen LogP contribution in [0.1, 0.15) is 31.1 Å². The summed E-state index contributed by atoms with van der Waals surface area (Å²) in [6.45, 7) is 3.83. The third-order valence-corrected chi connectivity index (χ3v) is 3.27. The Kier molecular flexibility index (Phi) is 4.74. The summed E-state index contributed by atoms with van der Waals surface area (Å²) >= 11 is 0. The molecule has 0 radical (unpaired) electrons. The van der Waals surface area contributed by atoms with Gasteiger partial charge in [-0.15, -0.1) is 0 Å². The first kappa shape index (κ1) is 14.5. The summed E-state index contributed by atoms with van der Waals surface area (Å²) in [5, 5.41) is 13.2. The van der Waals surface area contributed by atoms with Crippen LogP contribution in [-0.2, 0) is 6.42 Å². The van der Waals surface area contributed by atoms with Gasteiger partial charge in [-0.25, -0.2) is 4.39 Å². The van der Waals surface area contributed by atoms with Crippen molar-refractivity contribution in [2.45, 2.75) is 32.4 Å². The lowest BCUT2D eigenvalue weighted by molar-refractivity contribution is 0.200. The third kappa shape index (κ3) is 3.81. The van der Waals surface area contributed by atoms with Gasteiger partial charge < -0.3 is 10.4 Å². The summed E-state index contributed by atoms with van der Waals surface area (Å²) in [6, 6.07) is 14.5. The molecule has 0 amide bonds. The summed E-state index contributed by atoms with van der Waals surface area (Å²) in [7, 11) is 0. The van der Waals surface area contributed by atoms with E-state index in [4.69, 9.17) is 0 Å². The molecule has 2 nitrogen and oxygen atoms in total. The average Bonchev–Trinajstić information content (AvgIpc) is 2.41. The normalized spacial score (nSPS) is 13.8. The van der Waals surface area contributed by atoms with Gasteiger partial charge in [0.1, 0.15) is 5.82 Å². The molecule has 0 aromatic heterocycles. The maximum atomic E-state index is 12.9. The predicted octanol–water partition coefficient (Wildman–Crippen LogP) is 3.92. The molecule has 0 bridgehead atoms. The van der Waals surface area contributed by atoms with Gasteiger partial charge in [0.15, 0.2) is 0 Å². The molecule has 2 aromatic carbocycles. The molecule has 2 unspecified atom stereocenters. The highest BCUT2D eigenvalue weighted by Gasteiger charge is 2.10. The number of rotatable bonds is 5. The van der Waals surface area contributed by atoms with Crippen LogP contribution in [0.5, 0.6) is 0 Å². The summed E-state index contributed by atoms with van der Waals surface area (Å²) in [6.07, 6.45) is 0.297. The lowest BCUT2D eigenvalue weighted by Gasteiger charge is -2.19. The monoisotopic (exact) mass is 273 g/mol. The van der Waals surface area contributed by atoms with Crippen LogP contribution in [0.4, 0.5) is 10.1 Å². The Bertz CT molecular complexity index is 551. The smallest absolute Gasteiger partial charge is 0.123 e. The lowest BCUT2D eigenvalue weighted by atomic mass is 10.0. The second-order valence-corrected chi connectivity index (χ2v) is 5.14. The van der Waals surface area contributed by atoms with Crippen LogP contribution in [0.15, 0.2) is 48.5 Å². The van der Waals surface area contributed by atoms with E-state index in [1.165, 1.54) is 12.1 Å². The van der Waals surface area contributed by atoms with Crippen LogP contribution in [0.3, 0.4) is 0 Å². The van der Waals surface area contributed by atoms with Crippen LogP contribution in [0, 0.1) is 5.82 Å². The summed E-state index contributed by atoms with van der Waals surface area (Å²) in [5.41, 5.74) is 2.91. The highest BCUT2D eigenvalue weighted by Crippen LogP contribution is 2.23. The first-order valence-electron chi connectivity index (χ1n) is 6.84. The molecule has 0 aliphatic rings. The van der Waals surface area contributed by atoms with Crippen molar-refractivity contribution < 1.29 is 9.50 Å². The van der Waals surface area contributed by atoms with E-state index in [9.17, 15) is 9.50 Å². The summed E-state index contributed by atoms with van der Waals surface area (Å²) < 4.78 is 12.9. The van der Waals surface area contributed by atoms with E-state index >= 15 is 0 Å². The van der Waals surface area contributed by atoms with Crippen LogP contribution in [-0.4, -0.2) is 11.1 Å². The van der Waals surface area contributed by atoms with Gasteiger partial charge >= 0.3 is 0 Å². The zero-order chi connectivity index (χ0) is 14.5. The van der Waals surface area contributed by atoms with Gasteiger partial charge in [-0.05, 0) is 44.0 Å². The Morgan fingerprint density at radius 3 is 2.35 bits per heavy atom. The fourth-order valence-electron chi connectivity index (χ4n) is 2.28. The second-order valence-electron chi connectivity index (χ2n) is 5.14. The highest BCUT2D eigenvalue weighted by molar-refractivity contribution is 5.52. The first-order valence-corrected chi connectivity index (χ1v) is 6.84. The Hall–Kier alpha value is -1.87. The van der Waals surface area contributed by atoms with Crippen LogP contribution >= 0.6 is 0 Å². The zero-order valence-electron chi connectivity index (χ0n) is 11.8. The van der Waals surface area contributed by atoms with Gasteiger partial charge in [-0.1, -0.05) is 30.3 Å². The number of aliphatic hydroxyl groups is 1. The number of halogens is 1. The zero-order valence-corrected chi connectivity index (χ0v) is 11.8. The fourth-order valence-corrected chi connectivity index (χ4v) is 2.28. The number of benzene rings is 2. The fraction of sp³-hybridized carbons (Fsp3) is 0.294. The van der Waals surface area contributed by atoms with Gasteiger partial charge in [0, 0.05) is 17.3 Å². The highest BCUT2D eigenvalue weighted by atomic mass is 19.1. The minimum Gasteiger partial charge on any atom is -0.389 e. The largest absolute Gasteiger partial charge is 0.389 e. The van der Waals surface area contributed by atoms with Crippen molar-refractivity contribution in [1.29, 1.82) is 0 Å². The first-order chi connectivity index (χ1) is 9.56. The topological polar surface area (TPSA) is 32.3 Å². The molecular weight excluding hydrogens is 253 g/mol. The van der Waals surface area contributed by atoms with Crippen molar-refractivity contribution in [2.24, 2.45) is 0 Å². The minimum absolute atomic E-state index is 0.195. The van der Waals surface area contributed by atoms with Crippen molar-refractivity contribution in [1.82, 2.24) is 0 Å². The van der Waals surface area contributed by atoms with Gasteiger partial charge in [-0.2, -0.15) is 0 Å². The van der Waals surface area contributed by atoms with Crippen molar-refractivity contribution in [3.8, 4) is 0 Å². The molecule has 0 aliphatic heterocycles. The molecule has 2 aromatic rings. The molecule has 0 fully saturated rings. The molecular formula is C17H20FNO. The van der Waals surface area contributed by atoms with Crippen LogP contribution < -0.4 is 5.32 Å². The SMILES string of the molecule is CC(Cc1ccc(F)cc1)Nc1ccccc1C(C)O. The maximum absolute atomic E-state index is 12.9. The van der Waals surface area contributed by atoms with Crippen molar-refractivity contribution in [3.63, 3.8) is 0 Å². The van der Waals surface area contributed by atoms with E-state index in [1.807, 2.05) is 24.3 Å². The molecule has 2 N–H and O–H groups in total. The number of nitrogens with one attached hydrogen (secondary N) is 1. The number of hydrogen-bond acceptors (Lipinski definition) is 2. The van der Waals surface area contributed by atoms with E-state index in [0.717, 1.165) is 23.2 Å². The second kappa shape index (κ2) is 6.53. The van der Waals surface area contributed by atoms with Crippen molar-refractivity contribution in [3.05, 3.63) is 65.5 Å². The van der Waals surface area contributed by atoms with Crippen LogP contribution in [0.25, 0.3) is 0 Å². The Balaban J connectivity index is 2.04. The summed E-state index contributed by atoms with van der Waals surface area (Å²) in [4.78, 5) is 0. The Morgan fingerprint density at radius 2 is 1.70 bits per heavy atom. The van der Waals surface area contributed by atoms with Gasteiger partial charge in [0.05, 0.1) is 6.10 Å². The Morgan fingerprint density at radius 1 is 1.05 bits per heavy atom. The van der Waals surface area contributed by atoms with Gasteiger partial charge in [0.25, 0.3) is 0 Å². The minimum atomic E-state index is -0.503. The predicted molar refractivity (Wildman–Crippen MR) is 80.3 cm³/mol. The van der Waals surface area contributed by atoms with E-state index in [-0.39, 0.29) is 11.9 Å². The van der Waals surface area contributed by atoms with Crippen molar-refractivity contribution in [2.75, 3.05) is 5.32 Å². The molecule has 2 rings (SSSR count). The number of aliphatic hydroxyl groups excluding tert-OH is 1. The van der Waals surface area contributed by atoms with E-state index in [2.05, 4.69) is 12.2 Å². The molecule has 2 atom stereocenters. The third-order valence-electron chi connectivity index (χ3n) is 3.27. The maximum Gasteiger partial charge on any atom is 0.123 e. The lowest BCUT2D eigenvalue weighted by Crippen LogP contribution is -2.19. The van der Waals surface area contributed by atoms with Gasteiger partial charge in [0.2, 0.25) is 0 Å².